The molecular weight excluding hydrogens is 454 g/mol. The Morgan fingerprint density at radius 2 is 2.00 bits per heavy atom. The first-order valence-corrected chi connectivity index (χ1v) is 12.1. The van der Waals surface area contributed by atoms with E-state index in [0.29, 0.717) is 38.2 Å². The van der Waals surface area contributed by atoms with Gasteiger partial charge in [0.05, 0.1) is 36.7 Å². The first kappa shape index (κ1) is 22.8. The van der Waals surface area contributed by atoms with E-state index in [0.717, 1.165) is 9.88 Å². The molecule has 11 heteroatoms. The molecule has 2 aromatic rings. The number of thiazole rings is 1. The number of aromatic nitrogens is 1. The SMILES string of the molecule is COCCON1C(=O)CC(C(=O)OC)C12CCN(C(=O)c1csc(-c3cccs3)n1)CC2. The quantitative estimate of drug-likeness (QED) is 0.444. The highest BCUT2D eigenvalue weighted by molar-refractivity contribution is 7.20. The van der Waals surface area contributed by atoms with Gasteiger partial charge in [-0.1, -0.05) is 6.07 Å². The lowest BCUT2D eigenvalue weighted by atomic mass is 9.77. The third-order valence-electron chi connectivity index (χ3n) is 6.02. The van der Waals surface area contributed by atoms with Gasteiger partial charge in [0.1, 0.15) is 10.7 Å². The first-order chi connectivity index (χ1) is 15.5. The Kier molecular flexibility index (Phi) is 6.89. The molecule has 0 aromatic carbocycles. The minimum Gasteiger partial charge on any atom is -0.469 e. The Morgan fingerprint density at radius 3 is 2.66 bits per heavy atom. The summed E-state index contributed by atoms with van der Waals surface area (Å²) in [6.45, 7) is 1.29. The molecule has 172 valence electrons. The monoisotopic (exact) mass is 479 g/mol. The highest BCUT2D eigenvalue weighted by Crippen LogP contribution is 2.44. The number of rotatable bonds is 7. The largest absolute Gasteiger partial charge is 0.469 e. The summed E-state index contributed by atoms with van der Waals surface area (Å²) in [4.78, 5) is 51.2. The van der Waals surface area contributed by atoms with E-state index in [-0.39, 0.29) is 24.8 Å². The summed E-state index contributed by atoms with van der Waals surface area (Å²) in [7, 11) is 2.87. The van der Waals surface area contributed by atoms with E-state index in [9.17, 15) is 14.4 Å². The van der Waals surface area contributed by atoms with Crippen LogP contribution < -0.4 is 0 Å². The Balaban J connectivity index is 1.49. The number of carbonyl (C=O) groups is 3. The molecular formula is C21H25N3O6S2. The second-order valence-corrected chi connectivity index (χ2v) is 9.51. The first-order valence-electron chi connectivity index (χ1n) is 10.3. The van der Waals surface area contributed by atoms with Crippen LogP contribution in [0.4, 0.5) is 0 Å². The molecule has 0 N–H and O–H groups in total. The molecule has 9 nitrogen and oxygen atoms in total. The van der Waals surface area contributed by atoms with Crippen LogP contribution in [0.25, 0.3) is 9.88 Å². The van der Waals surface area contributed by atoms with Gasteiger partial charge in [0.2, 0.25) is 5.91 Å². The molecule has 4 rings (SSSR count). The molecule has 0 radical (unpaired) electrons. The van der Waals surface area contributed by atoms with Crippen molar-refractivity contribution in [2.45, 2.75) is 24.8 Å². The number of piperidine rings is 1. The van der Waals surface area contributed by atoms with E-state index in [4.69, 9.17) is 14.3 Å². The van der Waals surface area contributed by atoms with Gasteiger partial charge in [-0.05, 0) is 24.3 Å². The van der Waals surface area contributed by atoms with Crippen molar-refractivity contribution >= 4 is 40.5 Å². The Hall–Kier alpha value is -2.34. The van der Waals surface area contributed by atoms with Crippen molar-refractivity contribution in [2.24, 2.45) is 5.92 Å². The minimum absolute atomic E-state index is 0.0316. The van der Waals surface area contributed by atoms with Crippen molar-refractivity contribution in [3.8, 4) is 9.88 Å². The fraction of sp³-hybridized carbons (Fsp3) is 0.524. The molecule has 2 fully saturated rings. The number of methoxy groups -OCH3 is 2. The standard InChI is InChI=1S/C21H25N3O6S2/c1-28-9-10-30-24-17(25)12-14(20(27)29-2)21(24)5-7-23(8-6-21)19(26)15-13-32-18(22-15)16-4-3-11-31-16/h3-4,11,13-14H,5-10,12H2,1-2H3. The number of amides is 2. The number of ether oxygens (including phenoxy) is 2. The van der Waals surface area contributed by atoms with Crippen LogP contribution in [0.5, 0.6) is 0 Å². The summed E-state index contributed by atoms with van der Waals surface area (Å²) < 4.78 is 10.0. The van der Waals surface area contributed by atoms with Crippen LogP contribution >= 0.6 is 22.7 Å². The molecule has 2 aromatic heterocycles. The number of thiophene rings is 1. The van der Waals surface area contributed by atoms with E-state index in [1.807, 2.05) is 17.5 Å². The normalized spacial score (nSPS) is 20.2. The summed E-state index contributed by atoms with van der Waals surface area (Å²) in [5.74, 6) is -1.47. The van der Waals surface area contributed by atoms with Crippen LogP contribution in [0.15, 0.2) is 22.9 Å². The maximum absolute atomic E-state index is 13.1. The van der Waals surface area contributed by atoms with Crippen molar-refractivity contribution in [2.75, 3.05) is 40.5 Å². The molecule has 2 aliphatic rings. The highest BCUT2D eigenvalue weighted by atomic mass is 32.1. The van der Waals surface area contributed by atoms with E-state index in [1.165, 1.54) is 23.5 Å². The molecule has 0 aliphatic carbocycles. The smallest absolute Gasteiger partial charge is 0.311 e. The van der Waals surface area contributed by atoms with Gasteiger partial charge in [0, 0.05) is 32.0 Å². The zero-order valence-electron chi connectivity index (χ0n) is 17.9. The topological polar surface area (TPSA) is 98.3 Å². The van der Waals surface area contributed by atoms with Crippen LogP contribution in [-0.4, -0.2) is 78.8 Å². The van der Waals surface area contributed by atoms with Crippen LogP contribution in [-0.2, 0) is 23.9 Å². The maximum atomic E-state index is 13.1. The molecule has 2 aliphatic heterocycles. The fourth-order valence-corrected chi connectivity index (χ4v) is 6.00. The van der Waals surface area contributed by atoms with E-state index >= 15 is 0 Å². The van der Waals surface area contributed by atoms with Crippen molar-refractivity contribution in [3.63, 3.8) is 0 Å². The molecule has 1 spiro atoms. The molecule has 1 atom stereocenters. The van der Waals surface area contributed by atoms with Crippen LogP contribution in [0.1, 0.15) is 29.8 Å². The second-order valence-electron chi connectivity index (χ2n) is 7.70. The summed E-state index contributed by atoms with van der Waals surface area (Å²) >= 11 is 3.03. The predicted molar refractivity (Wildman–Crippen MR) is 118 cm³/mol. The lowest BCUT2D eigenvalue weighted by Crippen LogP contribution is -2.58. The average molecular weight is 480 g/mol. The zero-order valence-corrected chi connectivity index (χ0v) is 19.6. The number of likely N-dealkylation sites (tertiary alicyclic amines) is 1. The highest BCUT2D eigenvalue weighted by Gasteiger charge is 2.58. The fourth-order valence-electron chi connectivity index (χ4n) is 4.39. The van der Waals surface area contributed by atoms with Crippen molar-refractivity contribution in [1.29, 1.82) is 0 Å². The molecule has 0 bridgehead atoms. The Bertz CT molecular complexity index is 968. The van der Waals surface area contributed by atoms with Crippen molar-refractivity contribution < 1.29 is 28.7 Å². The lowest BCUT2D eigenvalue weighted by molar-refractivity contribution is -0.226. The van der Waals surface area contributed by atoms with Gasteiger partial charge >= 0.3 is 5.97 Å². The minimum atomic E-state index is -0.834. The summed E-state index contributed by atoms with van der Waals surface area (Å²) in [6, 6.07) is 3.93. The summed E-state index contributed by atoms with van der Waals surface area (Å²) in [6.07, 6.45) is 0.863. The average Bonchev–Trinajstić information content (AvgIpc) is 3.55. The summed E-state index contributed by atoms with van der Waals surface area (Å²) in [5.41, 5.74) is -0.423. The third-order valence-corrected chi connectivity index (χ3v) is 7.91. The van der Waals surface area contributed by atoms with Gasteiger partial charge in [0.25, 0.3) is 5.91 Å². The van der Waals surface area contributed by atoms with Crippen LogP contribution in [0, 0.1) is 5.92 Å². The molecule has 32 heavy (non-hydrogen) atoms. The Labute approximate surface area is 193 Å². The maximum Gasteiger partial charge on any atom is 0.311 e. The van der Waals surface area contributed by atoms with E-state index < -0.39 is 17.4 Å². The van der Waals surface area contributed by atoms with Gasteiger partial charge < -0.3 is 14.4 Å². The molecule has 2 saturated heterocycles. The van der Waals surface area contributed by atoms with E-state index in [1.54, 1.807) is 28.7 Å². The van der Waals surface area contributed by atoms with E-state index in [2.05, 4.69) is 4.98 Å². The third kappa shape index (κ3) is 4.17. The number of esters is 1. The number of nitrogens with zero attached hydrogens (tertiary/aromatic N) is 3. The van der Waals surface area contributed by atoms with Crippen molar-refractivity contribution in [1.82, 2.24) is 14.9 Å². The predicted octanol–water partition coefficient (Wildman–Crippen LogP) is 2.45. The van der Waals surface area contributed by atoms with Crippen LogP contribution in [0.2, 0.25) is 0 Å². The molecule has 1 unspecified atom stereocenters. The number of hydroxylamine groups is 2. The Morgan fingerprint density at radius 1 is 1.22 bits per heavy atom. The number of hydrogen-bond acceptors (Lipinski definition) is 9. The zero-order chi connectivity index (χ0) is 22.7. The number of carbonyl (C=O) groups excluding carboxylic acids is 3. The molecule has 0 saturated carbocycles. The molecule has 2 amide bonds. The summed E-state index contributed by atoms with van der Waals surface area (Å²) in [5, 5.41) is 5.91. The van der Waals surface area contributed by atoms with Crippen LogP contribution in [0.3, 0.4) is 0 Å². The van der Waals surface area contributed by atoms with Gasteiger partial charge in [-0.2, -0.15) is 0 Å². The van der Waals surface area contributed by atoms with Gasteiger partial charge in [-0.15, -0.1) is 22.7 Å². The number of hydrogen-bond donors (Lipinski definition) is 0. The van der Waals surface area contributed by atoms with Gasteiger partial charge in [-0.3, -0.25) is 19.2 Å². The molecule has 4 heterocycles. The lowest BCUT2D eigenvalue weighted by Gasteiger charge is -2.45. The van der Waals surface area contributed by atoms with Crippen molar-refractivity contribution in [3.05, 3.63) is 28.6 Å². The van der Waals surface area contributed by atoms with Gasteiger partial charge in [0.15, 0.2) is 0 Å². The van der Waals surface area contributed by atoms with Gasteiger partial charge in [-0.25, -0.2) is 10.0 Å². The second kappa shape index (κ2) is 9.65.